The summed E-state index contributed by atoms with van der Waals surface area (Å²) < 4.78 is 25.0. The maximum absolute atomic E-state index is 13.2. The van der Waals surface area contributed by atoms with Crippen LogP contribution in [0.5, 0.6) is 0 Å². The number of amides is 1. The molecule has 8 heteroatoms. The first-order chi connectivity index (χ1) is 16.1. The number of ether oxygens (including phenoxy) is 2. The Bertz CT molecular complexity index is 922. The zero-order valence-corrected chi connectivity index (χ0v) is 19.4. The van der Waals surface area contributed by atoms with Crippen molar-refractivity contribution in [3.05, 3.63) is 66.0 Å². The standard InChI is InChI=1S/C25H30FN3O3S/c26-20-8-10-21(11-9-20)27-25(33)28-12-14-32-23(17-28)18-29(16-22-7-4-13-31-22)24(30)15-19-5-2-1-3-6-19/h1-3,5-6,8-11,22-23H,4,7,12-18H2,(H,27,33). The molecule has 2 atom stereocenters. The van der Waals surface area contributed by atoms with Gasteiger partial charge in [0.25, 0.3) is 0 Å². The number of hydrogen-bond acceptors (Lipinski definition) is 4. The summed E-state index contributed by atoms with van der Waals surface area (Å²) in [7, 11) is 0. The Kier molecular flexibility index (Phi) is 8.25. The fourth-order valence-electron chi connectivity index (χ4n) is 4.19. The average Bonchev–Trinajstić information content (AvgIpc) is 3.34. The molecule has 0 spiro atoms. The SMILES string of the molecule is O=C(Cc1ccccc1)N(CC1CCCO1)CC1CN(C(=S)Nc2ccc(F)cc2)CCO1. The van der Waals surface area contributed by atoms with Crippen molar-refractivity contribution in [1.29, 1.82) is 0 Å². The highest BCUT2D eigenvalue weighted by molar-refractivity contribution is 7.80. The van der Waals surface area contributed by atoms with E-state index in [0.29, 0.717) is 44.3 Å². The molecule has 2 aromatic carbocycles. The van der Waals surface area contributed by atoms with E-state index in [1.807, 2.05) is 40.1 Å². The fraction of sp³-hybridized carbons (Fsp3) is 0.440. The van der Waals surface area contributed by atoms with E-state index < -0.39 is 0 Å². The number of carbonyl (C=O) groups is 1. The topological polar surface area (TPSA) is 54.0 Å². The smallest absolute Gasteiger partial charge is 0.227 e. The molecule has 33 heavy (non-hydrogen) atoms. The predicted octanol–water partition coefficient (Wildman–Crippen LogP) is 3.47. The van der Waals surface area contributed by atoms with Gasteiger partial charge in [0.1, 0.15) is 5.82 Å². The van der Waals surface area contributed by atoms with Crippen molar-refractivity contribution in [1.82, 2.24) is 9.80 Å². The minimum Gasteiger partial charge on any atom is -0.376 e. The zero-order valence-electron chi connectivity index (χ0n) is 18.6. The number of nitrogens with zero attached hydrogens (tertiary/aromatic N) is 2. The summed E-state index contributed by atoms with van der Waals surface area (Å²) in [5.41, 5.74) is 1.73. The Morgan fingerprint density at radius 2 is 1.79 bits per heavy atom. The van der Waals surface area contributed by atoms with E-state index in [1.54, 1.807) is 12.1 Å². The molecule has 2 fully saturated rings. The molecular weight excluding hydrogens is 441 g/mol. The van der Waals surface area contributed by atoms with Crippen LogP contribution < -0.4 is 5.32 Å². The van der Waals surface area contributed by atoms with Crippen LogP contribution in [0.4, 0.5) is 10.1 Å². The molecule has 2 saturated heterocycles. The summed E-state index contributed by atoms with van der Waals surface area (Å²) in [6, 6.07) is 15.9. The maximum Gasteiger partial charge on any atom is 0.227 e. The Labute approximate surface area is 199 Å². The molecule has 0 radical (unpaired) electrons. The number of rotatable bonds is 7. The highest BCUT2D eigenvalue weighted by Gasteiger charge is 2.29. The van der Waals surface area contributed by atoms with Gasteiger partial charge in [0.2, 0.25) is 5.91 Å². The van der Waals surface area contributed by atoms with Gasteiger partial charge in [0.15, 0.2) is 5.11 Å². The van der Waals surface area contributed by atoms with Crippen molar-refractivity contribution in [2.75, 3.05) is 44.7 Å². The quantitative estimate of drug-likeness (QED) is 0.624. The van der Waals surface area contributed by atoms with Crippen molar-refractivity contribution in [3.8, 4) is 0 Å². The second kappa shape index (κ2) is 11.5. The number of carbonyl (C=O) groups excluding carboxylic acids is 1. The Morgan fingerprint density at radius 1 is 1.06 bits per heavy atom. The van der Waals surface area contributed by atoms with Crippen molar-refractivity contribution in [2.24, 2.45) is 0 Å². The van der Waals surface area contributed by atoms with Crippen LogP contribution in [0.2, 0.25) is 0 Å². The van der Waals surface area contributed by atoms with E-state index in [9.17, 15) is 9.18 Å². The lowest BCUT2D eigenvalue weighted by Crippen LogP contribution is -2.52. The van der Waals surface area contributed by atoms with Crippen LogP contribution in [-0.4, -0.2) is 72.4 Å². The number of morpholine rings is 1. The van der Waals surface area contributed by atoms with E-state index in [0.717, 1.165) is 30.7 Å². The Hall–Kier alpha value is -2.55. The second-order valence-electron chi connectivity index (χ2n) is 8.47. The monoisotopic (exact) mass is 471 g/mol. The fourth-order valence-corrected chi connectivity index (χ4v) is 4.47. The molecule has 0 bridgehead atoms. The number of benzene rings is 2. The van der Waals surface area contributed by atoms with Gasteiger partial charge in [-0.05, 0) is 54.9 Å². The van der Waals surface area contributed by atoms with Crippen LogP contribution in [0, 0.1) is 5.82 Å². The minimum atomic E-state index is -0.288. The van der Waals surface area contributed by atoms with Crippen LogP contribution in [0.15, 0.2) is 54.6 Å². The van der Waals surface area contributed by atoms with Crippen molar-refractivity contribution in [3.63, 3.8) is 0 Å². The molecule has 2 aliphatic rings. The average molecular weight is 472 g/mol. The van der Waals surface area contributed by atoms with Crippen LogP contribution in [0.3, 0.4) is 0 Å². The van der Waals surface area contributed by atoms with Crippen LogP contribution >= 0.6 is 12.2 Å². The summed E-state index contributed by atoms with van der Waals surface area (Å²) >= 11 is 5.57. The van der Waals surface area contributed by atoms with Gasteiger partial charge < -0.3 is 24.6 Å². The number of nitrogens with one attached hydrogen (secondary N) is 1. The maximum atomic E-state index is 13.2. The number of anilines is 1. The Balaban J connectivity index is 1.37. The van der Waals surface area contributed by atoms with Gasteiger partial charge in [-0.1, -0.05) is 30.3 Å². The van der Waals surface area contributed by atoms with Gasteiger partial charge in [-0.25, -0.2) is 4.39 Å². The highest BCUT2D eigenvalue weighted by atomic mass is 32.1. The number of thiocarbonyl (C=S) groups is 1. The normalized spacial score (nSPS) is 20.5. The third-order valence-corrected chi connectivity index (χ3v) is 6.30. The van der Waals surface area contributed by atoms with E-state index in [4.69, 9.17) is 21.7 Å². The number of halogens is 1. The lowest BCUT2D eigenvalue weighted by atomic mass is 10.1. The lowest BCUT2D eigenvalue weighted by molar-refractivity contribution is -0.135. The van der Waals surface area contributed by atoms with Gasteiger partial charge in [0, 0.05) is 38.5 Å². The van der Waals surface area contributed by atoms with Crippen LogP contribution in [-0.2, 0) is 20.7 Å². The summed E-state index contributed by atoms with van der Waals surface area (Å²) in [6.07, 6.45) is 2.27. The molecule has 0 aromatic heterocycles. The van der Waals surface area contributed by atoms with Gasteiger partial charge in [-0.2, -0.15) is 0 Å². The molecule has 2 aromatic rings. The minimum absolute atomic E-state index is 0.0736. The van der Waals surface area contributed by atoms with Gasteiger partial charge in [-0.3, -0.25) is 4.79 Å². The third-order valence-electron chi connectivity index (χ3n) is 5.94. The molecular formula is C25H30FN3O3S. The summed E-state index contributed by atoms with van der Waals surface area (Å²) in [5.74, 6) is -0.214. The van der Waals surface area contributed by atoms with E-state index in [2.05, 4.69) is 5.32 Å². The molecule has 0 saturated carbocycles. The first kappa shape index (κ1) is 23.6. The van der Waals surface area contributed by atoms with Gasteiger partial charge in [-0.15, -0.1) is 0 Å². The molecule has 6 nitrogen and oxygen atoms in total. The first-order valence-corrected chi connectivity index (χ1v) is 11.8. The van der Waals surface area contributed by atoms with E-state index >= 15 is 0 Å². The highest BCUT2D eigenvalue weighted by Crippen LogP contribution is 2.17. The number of hydrogen-bond donors (Lipinski definition) is 1. The molecule has 1 N–H and O–H groups in total. The second-order valence-corrected chi connectivity index (χ2v) is 8.86. The molecule has 4 rings (SSSR count). The summed E-state index contributed by atoms with van der Waals surface area (Å²) in [6.45, 7) is 3.57. The third kappa shape index (κ3) is 6.96. The largest absolute Gasteiger partial charge is 0.376 e. The zero-order chi connectivity index (χ0) is 23.0. The summed E-state index contributed by atoms with van der Waals surface area (Å²) in [4.78, 5) is 17.1. The first-order valence-electron chi connectivity index (χ1n) is 11.4. The van der Waals surface area contributed by atoms with Crippen LogP contribution in [0.1, 0.15) is 18.4 Å². The summed E-state index contributed by atoms with van der Waals surface area (Å²) in [5, 5.41) is 3.73. The Morgan fingerprint density at radius 3 is 2.52 bits per heavy atom. The molecule has 1 amide bonds. The van der Waals surface area contributed by atoms with Gasteiger partial charge >= 0.3 is 0 Å². The molecule has 176 valence electrons. The molecule has 2 aliphatic heterocycles. The van der Waals surface area contributed by atoms with Crippen molar-refractivity contribution < 1.29 is 18.7 Å². The van der Waals surface area contributed by atoms with Crippen molar-refractivity contribution in [2.45, 2.75) is 31.5 Å². The lowest BCUT2D eigenvalue weighted by Gasteiger charge is -2.37. The van der Waals surface area contributed by atoms with Crippen LogP contribution in [0.25, 0.3) is 0 Å². The molecule has 2 unspecified atom stereocenters. The molecule has 2 heterocycles. The predicted molar refractivity (Wildman–Crippen MR) is 130 cm³/mol. The van der Waals surface area contributed by atoms with E-state index in [-0.39, 0.29) is 23.9 Å². The van der Waals surface area contributed by atoms with Gasteiger partial charge in [0.05, 0.1) is 25.2 Å². The van der Waals surface area contributed by atoms with E-state index in [1.165, 1.54) is 12.1 Å². The van der Waals surface area contributed by atoms with Crippen molar-refractivity contribution >= 4 is 28.9 Å². The molecule has 0 aliphatic carbocycles.